The van der Waals surface area contributed by atoms with Crippen LogP contribution in [0.4, 0.5) is 11.4 Å². The van der Waals surface area contributed by atoms with Crippen LogP contribution in [0.15, 0.2) is 18.2 Å². The largest absolute Gasteiger partial charge is 0.369 e. The molecule has 0 amide bonds. The van der Waals surface area contributed by atoms with E-state index < -0.39 is 14.9 Å². The number of hydrogen-bond donors (Lipinski definition) is 0. The van der Waals surface area contributed by atoms with E-state index in [1.807, 2.05) is 4.90 Å². The van der Waals surface area contributed by atoms with Crippen molar-refractivity contribution in [3.63, 3.8) is 0 Å². The van der Waals surface area contributed by atoms with Gasteiger partial charge in [-0.3, -0.25) is 10.1 Å². The highest BCUT2D eigenvalue weighted by Crippen LogP contribution is 2.27. The van der Waals surface area contributed by atoms with Gasteiger partial charge in [0.1, 0.15) is 0 Å². The Morgan fingerprint density at radius 2 is 1.90 bits per heavy atom. The zero-order chi connectivity index (χ0) is 15.6. The number of nitro groups is 1. The molecule has 1 aliphatic rings. The van der Waals surface area contributed by atoms with Gasteiger partial charge in [0.05, 0.1) is 17.1 Å². The van der Waals surface area contributed by atoms with Crippen molar-refractivity contribution in [2.75, 3.05) is 37.3 Å². The number of nitrogens with zero attached hydrogens (tertiary/aromatic N) is 3. The summed E-state index contributed by atoms with van der Waals surface area (Å²) >= 11 is 5.76. The van der Waals surface area contributed by atoms with Crippen molar-refractivity contribution >= 4 is 33.0 Å². The van der Waals surface area contributed by atoms with Crippen molar-refractivity contribution in [2.24, 2.45) is 0 Å². The highest BCUT2D eigenvalue weighted by atomic mass is 35.5. The van der Waals surface area contributed by atoms with Gasteiger partial charge < -0.3 is 4.90 Å². The molecule has 0 saturated carbocycles. The van der Waals surface area contributed by atoms with Gasteiger partial charge in [-0.15, -0.1) is 11.6 Å². The highest BCUT2D eigenvalue weighted by molar-refractivity contribution is 7.88. The number of benzene rings is 1. The number of alkyl halides is 1. The molecule has 0 N–H and O–H groups in total. The summed E-state index contributed by atoms with van der Waals surface area (Å²) in [6.45, 7) is 1.91. The number of sulfonamides is 1. The molecule has 9 heteroatoms. The van der Waals surface area contributed by atoms with Crippen LogP contribution in [0, 0.1) is 10.1 Å². The van der Waals surface area contributed by atoms with Gasteiger partial charge in [0, 0.05) is 43.5 Å². The van der Waals surface area contributed by atoms with Crippen LogP contribution in [0.2, 0.25) is 0 Å². The van der Waals surface area contributed by atoms with Gasteiger partial charge >= 0.3 is 0 Å². The molecule has 7 nitrogen and oxygen atoms in total. The Bertz CT molecular complexity index is 642. The maximum absolute atomic E-state index is 11.5. The molecule has 0 unspecified atom stereocenters. The summed E-state index contributed by atoms with van der Waals surface area (Å²) in [7, 11) is -3.17. The first kappa shape index (κ1) is 16.0. The summed E-state index contributed by atoms with van der Waals surface area (Å²) in [6.07, 6.45) is 1.19. The van der Waals surface area contributed by atoms with Gasteiger partial charge in [0.15, 0.2) is 0 Å². The summed E-state index contributed by atoms with van der Waals surface area (Å²) in [6, 6.07) is 4.81. The minimum absolute atomic E-state index is 0.00326. The molecule has 1 aromatic carbocycles. The Morgan fingerprint density at radius 1 is 1.29 bits per heavy atom. The molecule has 21 heavy (non-hydrogen) atoms. The second-order valence-corrected chi connectivity index (χ2v) is 7.10. The van der Waals surface area contributed by atoms with E-state index in [9.17, 15) is 18.5 Å². The number of halogens is 1. The lowest BCUT2D eigenvalue weighted by Crippen LogP contribution is -2.48. The van der Waals surface area contributed by atoms with Gasteiger partial charge in [0.2, 0.25) is 10.0 Å². The summed E-state index contributed by atoms with van der Waals surface area (Å²) < 4.78 is 24.4. The molecule has 1 heterocycles. The van der Waals surface area contributed by atoms with Crippen molar-refractivity contribution in [2.45, 2.75) is 5.88 Å². The van der Waals surface area contributed by atoms with Crippen molar-refractivity contribution in [3.8, 4) is 0 Å². The standard InChI is InChI=1S/C12H16ClN3O4S/c1-21(19,20)15-6-4-14(5-7-15)11-2-3-12(16(17)18)10(8-11)9-13/h2-3,8H,4-7,9H2,1H3. The van der Waals surface area contributed by atoms with Crippen LogP contribution in [-0.2, 0) is 15.9 Å². The number of anilines is 1. The lowest BCUT2D eigenvalue weighted by atomic mass is 10.1. The lowest BCUT2D eigenvalue weighted by Gasteiger charge is -2.34. The Labute approximate surface area is 128 Å². The fourth-order valence-corrected chi connectivity index (χ4v) is 3.37. The first-order valence-electron chi connectivity index (χ1n) is 6.36. The van der Waals surface area contributed by atoms with Gasteiger partial charge in [-0.1, -0.05) is 0 Å². The van der Waals surface area contributed by atoms with Crippen LogP contribution in [0.25, 0.3) is 0 Å². The van der Waals surface area contributed by atoms with Gasteiger partial charge in [-0.05, 0) is 12.1 Å². The summed E-state index contributed by atoms with van der Waals surface area (Å²) in [5.74, 6) is 0.0630. The van der Waals surface area contributed by atoms with E-state index in [-0.39, 0.29) is 11.6 Å². The van der Waals surface area contributed by atoms with Crippen molar-refractivity contribution in [1.29, 1.82) is 0 Å². The maximum Gasteiger partial charge on any atom is 0.273 e. The number of rotatable bonds is 4. The van der Waals surface area contributed by atoms with E-state index in [2.05, 4.69) is 0 Å². The zero-order valence-corrected chi connectivity index (χ0v) is 13.1. The van der Waals surface area contributed by atoms with Crippen molar-refractivity contribution in [1.82, 2.24) is 4.31 Å². The molecule has 1 saturated heterocycles. The van der Waals surface area contributed by atoms with Crippen molar-refractivity contribution < 1.29 is 13.3 Å². The SMILES string of the molecule is CS(=O)(=O)N1CCN(c2ccc([N+](=O)[O-])c(CCl)c2)CC1. The van der Waals surface area contributed by atoms with Crippen LogP contribution in [0.1, 0.15) is 5.56 Å². The van der Waals surface area contributed by atoms with Gasteiger partial charge in [-0.25, -0.2) is 8.42 Å². The molecule has 0 spiro atoms. The second kappa shape index (κ2) is 6.17. The predicted molar refractivity (Wildman–Crippen MR) is 81.3 cm³/mol. The molecule has 1 fully saturated rings. The summed E-state index contributed by atoms with van der Waals surface area (Å²) in [5, 5.41) is 10.9. The Kier molecular flexibility index (Phi) is 4.70. The van der Waals surface area contributed by atoms with E-state index in [0.29, 0.717) is 31.7 Å². The molecular weight excluding hydrogens is 318 g/mol. The van der Waals surface area contributed by atoms with E-state index in [1.165, 1.54) is 16.6 Å². The van der Waals surface area contributed by atoms with Crippen LogP contribution in [0.3, 0.4) is 0 Å². The number of piperazine rings is 1. The predicted octanol–water partition coefficient (Wildman–Crippen LogP) is 1.42. The minimum Gasteiger partial charge on any atom is -0.369 e. The Hall–Kier alpha value is -1.38. The topological polar surface area (TPSA) is 83.8 Å². The normalized spacial score (nSPS) is 17.0. The molecule has 0 atom stereocenters. The number of hydrogen-bond acceptors (Lipinski definition) is 5. The average molecular weight is 334 g/mol. The third kappa shape index (κ3) is 3.63. The molecular formula is C12H16ClN3O4S. The molecule has 0 aliphatic carbocycles. The van der Waals surface area contributed by atoms with E-state index >= 15 is 0 Å². The van der Waals surface area contributed by atoms with Gasteiger partial charge in [0.25, 0.3) is 5.69 Å². The van der Waals surface area contributed by atoms with Crippen LogP contribution in [0.5, 0.6) is 0 Å². The highest BCUT2D eigenvalue weighted by Gasteiger charge is 2.24. The van der Waals surface area contributed by atoms with E-state index in [1.54, 1.807) is 12.1 Å². The zero-order valence-electron chi connectivity index (χ0n) is 11.5. The molecule has 0 radical (unpaired) electrons. The first-order chi connectivity index (χ1) is 9.82. The fourth-order valence-electron chi connectivity index (χ4n) is 2.33. The summed E-state index contributed by atoms with van der Waals surface area (Å²) in [4.78, 5) is 12.4. The smallest absolute Gasteiger partial charge is 0.273 e. The maximum atomic E-state index is 11.5. The van der Waals surface area contributed by atoms with E-state index in [0.717, 1.165) is 5.69 Å². The van der Waals surface area contributed by atoms with Crippen LogP contribution < -0.4 is 4.90 Å². The molecule has 1 aliphatic heterocycles. The molecule has 116 valence electrons. The second-order valence-electron chi connectivity index (χ2n) is 4.85. The molecule has 0 aromatic heterocycles. The average Bonchev–Trinajstić information content (AvgIpc) is 2.45. The first-order valence-corrected chi connectivity index (χ1v) is 8.74. The van der Waals surface area contributed by atoms with E-state index in [4.69, 9.17) is 11.6 Å². The molecule has 0 bridgehead atoms. The quantitative estimate of drug-likeness (QED) is 0.472. The third-order valence-electron chi connectivity index (χ3n) is 3.48. The Morgan fingerprint density at radius 3 is 2.38 bits per heavy atom. The summed E-state index contributed by atoms with van der Waals surface area (Å²) in [5.41, 5.74) is 1.29. The monoisotopic (exact) mass is 333 g/mol. The molecule has 2 rings (SSSR count). The lowest BCUT2D eigenvalue weighted by molar-refractivity contribution is -0.385. The fraction of sp³-hybridized carbons (Fsp3) is 0.500. The Balaban J connectivity index is 2.16. The third-order valence-corrected chi connectivity index (χ3v) is 5.07. The molecule has 1 aromatic rings. The van der Waals surface area contributed by atoms with Crippen molar-refractivity contribution in [3.05, 3.63) is 33.9 Å². The van der Waals surface area contributed by atoms with Crippen LogP contribution >= 0.6 is 11.6 Å². The van der Waals surface area contributed by atoms with Crippen LogP contribution in [-0.4, -0.2) is 50.1 Å². The number of nitro benzene ring substituents is 1. The minimum atomic E-state index is -3.17. The van der Waals surface area contributed by atoms with Gasteiger partial charge in [-0.2, -0.15) is 4.31 Å².